The van der Waals surface area contributed by atoms with Crippen LogP contribution in [0.25, 0.3) is 5.57 Å². The number of carbonyl (C=O) groups is 1. The van der Waals surface area contributed by atoms with Crippen molar-refractivity contribution in [1.82, 2.24) is 20.5 Å². The molecule has 0 atom stereocenters. The molecule has 1 aliphatic carbocycles. The van der Waals surface area contributed by atoms with Crippen LogP contribution in [0.15, 0.2) is 66.5 Å². The minimum Gasteiger partial charge on any atom is -0.348 e. The summed E-state index contributed by atoms with van der Waals surface area (Å²) in [5, 5.41) is 13.7. The molecule has 0 spiro atoms. The number of benzene rings is 1. The minimum atomic E-state index is -4.41. The van der Waals surface area contributed by atoms with E-state index in [9.17, 15) is 18.0 Å². The van der Waals surface area contributed by atoms with Crippen molar-refractivity contribution in [3.63, 3.8) is 0 Å². The molecule has 176 valence electrons. The number of carbonyl (C=O) groups excluding carboxylic acids is 1. The SMILES string of the molecule is CC(=C1CCC(NC(=O)c2cccnn2)CC1)c1cccc(Nc2ccc(C(F)(F)F)cn2)c1. The Kier molecular flexibility index (Phi) is 6.90. The maximum atomic E-state index is 12.7. The summed E-state index contributed by atoms with van der Waals surface area (Å²) in [5.41, 5.74) is 3.81. The Balaban J connectivity index is 1.38. The van der Waals surface area contributed by atoms with Crippen LogP contribution >= 0.6 is 0 Å². The third-order valence-corrected chi connectivity index (χ3v) is 5.92. The summed E-state index contributed by atoms with van der Waals surface area (Å²) >= 11 is 0. The summed E-state index contributed by atoms with van der Waals surface area (Å²) in [7, 11) is 0. The van der Waals surface area contributed by atoms with Gasteiger partial charge in [0, 0.05) is 24.1 Å². The zero-order valence-corrected chi connectivity index (χ0v) is 18.6. The smallest absolute Gasteiger partial charge is 0.348 e. The number of nitrogens with one attached hydrogen (secondary N) is 2. The van der Waals surface area contributed by atoms with Gasteiger partial charge in [0.15, 0.2) is 5.69 Å². The van der Waals surface area contributed by atoms with E-state index in [1.54, 1.807) is 12.1 Å². The van der Waals surface area contributed by atoms with E-state index in [-0.39, 0.29) is 11.9 Å². The van der Waals surface area contributed by atoms with Gasteiger partial charge in [-0.25, -0.2) is 4.98 Å². The average Bonchev–Trinajstić information content (AvgIpc) is 2.84. The number of allylic oxidation sites excluding steroid dienone is 2. The molecule has 0 radical (unpaired) electrons. The highest BCUT2D eigenvalue weighted by molar-refractivity contribution is 5.92. The lowest BCUT2D eigenvalue weighted by atomic mass is 9.86. The standard InChI is InChI=1S/C25H24F3N5O/c1-16(17-7-10-20(11-8-17)32-24(34)22-6-3-13-30-33-22)18-4-2-5-21(14-18)31-23-12-9-19(15-29-23)25(26,27)28/h2-6,9,12-15,20H,7-8,10-11H2,1H3,(H,29,31)(H,32,34). The first-order chi connectivity index (χ1) is 16.3. The first-order valence-electron chi connectivity index (χ1n) is 11.0. The third kappa shape index (κ3) is 5.78. The predicted octanol–water partition coefficient (Wildman–Crippen LogP) is 5.78. The zero-order valence-electron chi connectivity index (χ0n) is 18.6. The van der Waals surface area contributed by atoms with Crippen molar-refractivity contribution in [2.24, 2.45) is 0 Å². The molecule has 0 saturated heterocycles. The third-order valence-electron chi connectivity index (χ3n) is 5.92. The van der Waals surface area contributed by atoms with Gasteiger partial charge in [-0.05, 0) is 80.1 Å². The van der Waals surface area contributed by atoms with Gasteiger partial charge in [0.2, 0.25) is 0 Å². The molecule has 6 nitrogen and oxygen atoms in total. The molecular weight excluding hydrogens is 443 g/mol. The lowest BCUT2D eigenvalue weighted by molar-refractivity contribution is -0.137. The molecule has 34 heavy (non-hydrogen) atoms. The summed E-state index contributed by atoms with van der Waals surface area (Å²) < 4.78 is 38.2. The molecule has 0 unspecified atom stereocenters. The zero-order chi connectivity index (χ0) is 24.1. The predicted molar refractivity (Wildman–Crippen MR) is 123 cm³/mol. The van der Waals surface area contributed by atoms with Gasteiger partial charge in [-0.15, -0.1) is 5.10 Å². The molecule has 2 aromatic heterocycles. The van der Waals surface area contributed by atoms with Gasteiger partial charge < -0.3 is 10.6 Å². The van der Waals surface area contributed by atoms with Gasteiger partial charge in [-0.3, -0.25) is 4.79 Å². The number of aromatic nitrogens is 3. The summed E-state index contributed by atoms with van der Waals surface area (Å²) in [6.07, 6.45) is 1.36. The number of alkyl halides is 3. The number of nitrogens with zero attached hydrogens (tertiary/aromatic N) is 3. The van der Waals surface area contributed by atoms with E-state index in [0.29, 0.717) is 11.5 Å². The van der Waals surface area contributed by atoms with E-state index in [1.165, 1.54) is 23.4 Å². The first kappa shape index (κ1) is 23.4. The molecular formula is C25H24F3N5O. The molecule has 9 heteroatoms. The van der Waals surface area contributed by atoms with Gasteiger partial charge in [0.05, 0.1) is 5.56 Å². The van der Waals surface area contributed by atoms with Crippen LogP contribution in [-0.2, 0) is 6.18 Å². The van der Waals surface area contributed by atoms with Crippen molar-refractivity contribution in [3.8, 4) is 0 Å². The second kappa shape index (κ2) is 10.0. The Bertz CT molecular complexity index is 1170. The molecule has 1 fully saturated rings. The topological polar surface area (TPSA) is 79.8 Å². The Morgan fingerprint density at radius 3 is 2.50 bits per heavy atom. The van der Waals surface area contributed by atoms with Crippen molar-refractivity contribution in [2.45, 2.75) is 44.8 Å². The van der Waals surface area contributed by atoms with Gasteiger partial charge >= 0.3 is 6.18 Å². The van der Waals surface area contributed by atoms with Crippen LogP contribution in [0, 0.1) is 0 Å². The molecule has 4 rings (SSSR count). The monoisotopic (exact) mass is 467 g/mol. The number of hydrogen-bond donors (Lipinski definition) is 2. The number of amides is 1. The van der Waals surface area contributed by atoms with Crippen LogP contribution in [0.2, 0.25) is 0 Å². The molecule has 0 bridgehead atoms. The van der Waals surface area contributed by atoms with Crippen molar-refractivity contribution in [1.29, 1.82) is 0 Å². The molecule has 0 aliphatic heterocycles. The van der Waals surface area contributed by atoms with E-state index in [1.807, 2.05) is 24.3 Å². The highest BCUT2D eigenvalue weighted by Gasteiger charge is 2.30. The number of pyridine rings is 1. The Morgan fingerprint density at radius 1 is 1.06 bits per heavy atom. The van der Waals surface area contributed by atoms with E-state index >= 15 is 0 Å². The van der Waals surface area contributed by atoms with Crippen LogP contribution in [0.4, 0.5) is 24.7 Å². The molecule has 1 saturated carbocycles. The number of rotatable bonds is 5. The second-order valence-electron chi connectivity index (χ2n) is 8.22. The van der Waals surface area contributed by atoms with E-state index < -0.39 is 11.7 Å². The summed E-state index contributed by atoms with van der Waals surface area (Å²) in [6, 6.07) is 13.5. The van der Waals surface area contributed by atoms with E-state index in [2.05, 4.69) is 32.7 Å². The van der Waals surface area contributed by atoms with Crippen molar-refractivity contribution in [2.75, 3.05) is 5.32 Å². The molecule has 1 amide bonds. The maximum Gasteiger partial charge on any atom is 0.417 e. The lowest BCUT2D eigenvalue weighted by Crippen LogP contribution is -2.37. The second-order valence-corrected chi connectivity index (χ2v) is 8.22. The highest BCUT2D eigenvalue weighted by Crippen LogP contribution is 2.32. The van der Waals surface area contributed by atoms with E-state index in [4.69, 9.17) is 0 Å². The van der Waals surface area contributed by atoms with E-state index in [0.717, 1.165) is 49.2 Å². The molecule has 3 aromatic rings. The van der Waals surface area contributed by atoms with Crippen molar-refractivity contribution < 1.29 is 18.0 Å². The first-order valence-corrected chi connectivity index (χ1v) is 11.0. The Labute approximate surface area is 195 Å². The largest absolute Gasteiger partial charge is 0.417 e. The van der Waals surface area contributed by atoms with Crippen LogP contribution in [-0.4, -0.2) is 27.1 Å². The Hall–Kier alpha value is -3.75. The maximum absolute atomic E-state index is 12.7. The lowest BCUT2D eigenvalue weighted by Gasteiger charge is -2.26. The normalized spacial score (nSPS) is 16.1. The van der Waals surface area contributed by atoms with Gasteiger partial charge in [0.25, 0.3) is 5.91 Å². The number of hydrogen-bond acceptors (Lipinski definition) is 5. The summed E-state index contributed by atoms with van der Waals surface area (Å²) in [6.45, 7) is 2.07. The fourth-order valence-corrected chi connectivity index (χ4v) is 3.99. The quantitative estimate of drug-likeness (QED) is 0.497. The van der Waals surface area contributed by atoms with Crippen molar-refractivity contribution >= 4 is 23.0 Å². The fraction of sp³-hybridized carbons (Fsp3) is 0.280. The molecule has 1 aromatic carbocycles. The summed E-state index contributed by atoms with van der Waals surface area (Å²) in [5.74, 6) is 0.132. The molecule has 2 N–H and O–H groups in total. The van der Waals surface area contributed by atoms with Crippen LogP contribution in [0.5, 0.6) is 0 Å². The van der Waals surface area contributed by atoms with Gasteiger partial charge in [0.1, 0.15) is 5.82 Å². The number of anilines is 2. The van der Waals surface area contributed by atoms with Crippen molar-refractivity contribution in [3.05, 3.63) is 83.3 Å². The van der Waals surface area contributed by atoms with Gasteiger partial charge in [-0.2, -0.15) is 18.3 Å². The van der Waals surface area contributed by atoms with Crippen LogP contribution < -0.4 is 10.6 Å². The van der Waals surface area contributed by atoms with Crippen LogP contribution in [0.1, 0.15) is 54.2 Å². The highest BCUT2D eigenvalue weighted by atomic mass is 19.4. The number of halogens is 3. The molecule has 1 aliphatic rings. The van der Waals surface area contributed by atoms with Gasteiger partial charge in [-0.1, -0.05) is 17.7 Å². The summed E-state index contributed by atoms with van der Waals surface area (Å²) in [4.78, 5) is 16.2. The minimum absolute atomic E-state index is 0.0878. The molecule has 2 heterocycles. The average molecular weight is 467 g/mol. The Morgan fingerprint density at radius 2 is 1.85 bits per heavy atom. The van der Waals surface area contributed by atoms with Crippen LogP contribution in [0.3, 0.4) is 0 Å². The fourth-order valence-electron chi connectivity index (χ4n) is 3.99.